The van der Waals surface area contributed by atoms with Crippen LogP contribution >= 0.6 is 11.6 Å². The Balaban J connectivity index is 2.28. The Hall–Kier alpha value is -1.67. The molecule has 0 unspecified atom stereocenters. The average Bonchev–Trinajstić information content (AvgIpc) is 2.35. The molecule has 0 saturated heterocycles. The van der Waals surface area contributed by atoms with E-state index in [-0.39, 0.29) is 12.2 Å². The lowest BCUT2D eigenvalue weighted by Crippen LogP contribution is -2.06. The van der Waals surface area contributed by atoms with Gasteiger partial charge in [-0.3, -0.25) is 4.79 Å². The van der Waals surface area contributed by atoms with Gasteiger partial charge >= 0.3 is 0 Å². The summed E-state index contributed by atoms with van der Waals surface area (Å²) in [6, 6.07) is 11.4. The van der Waals surface area contributed by atoms with Crippen LogP contribution in [0.3, 0.4) is 0 Å². The van der Waals surface area contributed by atoms with Gasteiger partial charge in [0, 0.05) is 17.0 Å². The standard InChI is InChI=1S/C15H12ClFO/c1-10-6-7-12(17)9-13(10)15(18)8-11-4-2-3-5-14(11)16/h2-7,9H,8H2,1H3. The Labute approximate surface area is 110 Å². The van der Waals surface area contributed by atoms with Gasteiger partial charge in [0.25, 0.3) is 0 Å². The average molecular weight is 263 g/mol. The van der Waals surface area contributed by atoms with Gasteiger partial charge in [0.1, 0.15) is 5.82 Å². The van der Waals surface area contributed by atoms with Gasteiger partial charge in [-0.2, -0.15) is 0 Å². The number of rotatable bonds is 3. The Kier molecular flexibility index (Phi) is 3.78. The highest BCUT2D eigenvalue weighted by molar-refractivity contribution is 6.31. The van der Waals surface area contributed by atoms with E-state index in [1.807, 2.05) is 12.1 Å². The molecule has 1 nitrogen and oxygen atoms in total. The van der Waals surface area contributed by atoms with Crippen molar-refractivity contribution in [3.05, 3.63) is 70.0 Å². The molecule has 2 aromatic rings. The molecule has 0 fully saturated rings. The van der Waals surface area contributed by atoms with Crippen molar-refractivity contribution in [2.45, 2.75) is 13.3 Å². The molecule has 0 saturated carbocycles. The molecule has 0 bridgehead atoms. The Morgan fingerprint density at radius 3 is 2.67 bits per heavy atom. The normalized spacial score (nSPS) is 10.4. The largest absolute Gasteiger partial charge is 0.294 e. The number of carbonyl (C=O) groups is 1. The lowest BCUT2D eigenvalue weighted by molar-refractivity contribution is 0.0992. The minimum atomic E-state index is -0.400. The molecule has 0 heterocycles. The number of hydrogen-bond acceptors (Lipinski definition) is 1. The molecule has 92 valence electrons. The lowest BCUT2D eigenvalue weighted by atomic mass is 9.99. The summed E-state index contributed by atoms with van der Waals surface area (Å²) >= 11 is 6.00. The van der Waals surface area contributed by atoms with Gasteiger partial charge in [0.05, 0.1) is 0 Å². The second kappa shape index (κ2) is 5.32. The fraction of sp³-hybridized carbons (Fsp3) is 0.133. The predicted molar refractivity (Wildman–Crippen MR) is 70.6 cm³/mol. The van der Waals surface area contributed by atoms with Crippen LogP contribution in [0.5, 0.6) is 0 Å². The van der Waals surface area contributed by atoms with E-state index in [1.54, 1.807) is 25.1 Å². The molecular weight excluding hydrogens is 251 g/mol. The van der Waals surface area contributed by atoms with Crippen molar-refractivity contribution in [3.8, 4) is 0 Å². The Morgan fingerprint density at radius 1 is 1.22 bits per heavy atom. The van der Waals surface area contributed by atoms with Gasteiger partial charge in [-0.15, -0.1) is 0 Å². The quantitative estimate of drug-likeness (QED) is 0.757. The molecule has 0 N–H and O–H groups in total. The third-order valence-electron chi connectivity index (χ3n) is 2.81. The van der Waals surface area contributed by atoms with Gasteiger partial charge in [0.15, 0.2) is 5.78 Å². The van der Waals surface area contributed by atoms with Gasteiger partial charge < -0.3 is 0 Å². The first-order chi connectivity index (χ1) is 8.58. The molecule has 2 aromatic carbocycles. The smallest absolute Gasteiger partial charge is 0.167 e. The number of aryl methyl sites for hydroxylation is 1. The highest BCUT2D eigenvalue weighted by Crippen LogP contribution is 2.19. The zero-order chi connectivity index (χ0) is 13.1. The molecular formula is C15H12ClFO. The molecule has 0 aliphatic rings. The minimum Gasteiger partial charge on any atom is -0.294 e. The third-order valence-corrected chi connectivity index (χ3v) is 3.18. The number of carbonyl (C=O) groups excluding carboxylic acids is 1. The monoisotopic (exact) mass is 262 g/mol. The van der Waals surface area contributed by atoms with Crippen LogP contribution in [0.1, 0.15) is 21.5 Å². The second-order valence-corrected chi connectivity index (χ2v) is 4.56. The van der Waals surface area contributed by atoms with E-state index in [4.69, 9.17) is 11.6 Å². The molecule has 0 aliphatic carbocycles. The number of benzene rings is 2. The summed E-state index contributed by atoms with van der Waals surface area (Å²) in [5, 5.41) is 0.555. The van der Waals surface area contributed by atoms with Crippen LogP contribution < -0.4 is 0 Å². The second-order valence-electron chi connectivity index (χ2n) is 4.15. The first-order valence-electron chi connectivity index (χ1n) is 5.60. The van der Waals surface area contributed by atoms with E-state index < -0.39 is 5.82 Å². The van der Waals surface area contributed by atoms with Crippen LogP contribution in [-0.4, -0.2) is 5.78 Å². The van der Waals surface area contributed by atoms with Crippen LogP contribution in [0.15, 0.2) is 42.5 Å². The van der Waals surface area contributed by atoms with Crippen molar-refractivity contribution in [3.63, 3.8) is 0 Å². The number of Topliss-reactive ketones (excluding diaryl/α,β-unsaturated/α-hetero) is 1. The molecule has 0 spiro atoms. The maximum Gasteiger partial charge on any atom is 0.167 e. The SMILES string of the molecule is Cc1ccc(F)cc1C(=O)Cc1ccccc1Cl. The van der Waals surface area contributed by atoms with Crippen molar-refractivity contribution >= 4 is 17.4 Å². The van der Waals surface area contributed by atoms with Gasteiger partial charge in [0.2, 0.25) is 0 Å². The molecule has 0 aromatic heterocycles. The zero-order valence-corrected chi connectivity index (χ0v) is 10.7. The molecule has 0 radical (unpaired) electrons. The molecule has 0 amide bonds. The summed E-state index contributed by atoms with van der Waals surface area (Å²) in [6.45, 7) is 1.79. The molecule has 0 atom stereocenters. The summed E-state index contributed by atoms with van der Waals surface area (Å²) in [6.07, 6.45) is 0.184. The topological polar surface area (TPSA) is 17.1 Å². The van der Waals surface area contributed by atoms with Crippen molar-refractivity contribution in [2.75, 3.05) is 0 Å². The van der Waals surface area contributed by atoms with E-state index in [0.29, 0.717) is 10.6 Å². The van der Waals surface area contributed by atoms with Gasteiger partial charge in [-0.1, -0.05) is 35.9 Å². The maximum absolute atomic E-state index is 13.1. The number of ketones is 1. The van der Waals surface area contributed by atoms with Crippen LogP contribution in [-0.2, 0) is 6.42 Å². The van der Waals surface area contributed by atoms with Crippen molar-refractivity contribution in [2.24, 2.45) is 0 Å². The van der Waals surface area contributed by atoms with Crippen LogP contribution in [0, 0.1) is 12.7 Å². The molecule has 2 rings (SSSR count). The van der Waals surface area contributed by atoms with Crippen molar-refractivity contribution in [1.82, 2.24) is 0 Å². The zero-order valence-electron chi connectivity index (χ0n) is 9.91. The fourth-order valence-corrected chi connectivity index (χ4v) is 2.01. The Bertz CT molecular complexity index is 593. The molecule has 18 heavy (non-hydrogen) atoms. The summed E-state index contributed by atoms with van der Waals surface area (Å²) in [5.74, 6) is -0.525. The fourth-order valence-electron chi connectivity index (χ4n) is 1.80. The van der Waals surface area contributed by atoms with E-state index in [9.17, 15) is 9.18 Å². The van der Waals surface area contributed by atoms with Gasteiger partial charge in [-0.25, -0.2) is 4.39 Å². The predicted octanol–water partition coefficient (Wildman–Crippen LogP) is 4.21. The van der Waals surface area contributed by atoms with Crippen LogP contribution in [0.4, 0.5) is 4.39 Å². The van der Waals surface area contributed by atoms with E-state index in [0.717, 1.165) is 11.1 Å². The third kappa shape index (κ3) is 2.77. The lowest BCUT2D eigenvalue weighted by Gasteiger charge is -2.06. The highest BCUT2D eigenvalue weighted by atomic mass is 35.5. The van der Waals surface area contributed by atoms with E-state index in [1.165, 1.54) is 12.1 Å². The number of halogens is 2. The first kappa shape index (κ1) is 12.8. The highest BCUT2D eigenvalue weighted by Gasteiger charge is 2.12. The molecule has 0 aliphatic heterocycles. The Morgan fingerprint density at radius 2 is 1.94 bits per heavy atom. The minimum absolute atomic E-state index is 0.125. The summed E-state index contributed by atoms with van der Waals surface area (Å²) < 4.78 is 13.1. The van der Waals surface area contributed by atoms with Crippen molar-refractivity contribution < 1.29 is 9.18 Å². The summed E-state index contributed by atoms with van der Waals surface area (Å²) in [5.41, 5.74) is 1.94. The van der Waals surface area contributed by atoms with E-state index in [2.05, 4.69) is 0 Å². The maximum atomic E-state index is 13.1. The van der Waals surface area contributed by atoms with Gasteiger partial charge in [-0.05, 0) is 36.2 Å². The first-order valence-corrected chi connectivity index (χ1v) is 5.98. The van der Waals surface area contributed by atoms with Crippen LogP contribution in [0.2, 0.25) is 5.02 Å². The van der Waals surface area contributed by atoms with Crippen molar-refractivity contribution in [1.29, 1.82) is 0 Å². The molecule has 3 heteroatoms. The summed E-state index contributed by atoms with van der Waals surface area (Å²) in [4.78, 5) is 12.1. The number of hydrogen-bond donors (Lipinski definition) is 0. The van der Waals surface area contributed by atoms with Crippen LogP contribution in [0.25, 0.3) is 0 Å². The van der Waals surface area contributed by atoms with E-state index >= 15 is 0 Å². The summed E-state index contributed by atoms with van der Waals surface area (Å²) in [7, 11) is 0.